The van der Waals surface area contributed by atoms with Gasteiger partial charge in [-0.15, -0.1) is 0 Å². The van der Waals surface area contributed by atoms with Crippen LogP contribution in [0.25, 0.3) is 0 Å². The molecule has 0 saturated heterocycles. The van der Waals surface area contributed by atoms with Crippen LogP contribution in [0.4, 0.5) is 0 Å². The molecule has 1 aliphatic rings. The van der Waals surface area contributed by atoms with Gasteiger partial charge in [-0.05, 0) is 42.9 Å². The van der Waals surface area contributed by atoms with E-state index in [1.807, 2.05) is 6.92 Å². The Morgan fingerprint density at radius 3 is 2.58 bits per heavy atom. The lowest BCUT2D eigenvalue weighted by molar-refractivity contribution is -0.136. The van der Waals surface area contributed by atoms with Crippen molar-refractivity contribution in [3.8, 4) is 5.75 Å². The van der Waals surface area contributed by atoms with Gasteiger partial charge in [0, 0.05) is 6.04 Å². The van der Waals surface area contributed by atoms with Crippen molar-refractivity contribution in [2.24, 2.45) is 5.92 Å². The summed E-state index contributed by atoms with van der Waals surface area (Å²) in [4.78, 5) is 10.8. The van der Waals surface area contributed by atoms with Crippen LogP contribution in [0, 0.1) is 5.92 Å². The standard InChI is InChI=1S/C16H23NO6S/c1-3-13(11-8-12(18)9-11)17-24(21,22)15-6-10(7-16(19)20)4-5-14(15)23-2/h4-6,11-13,17-18H,3,7-9H2,1-2H3,(H,19,20)/t11?,12?,13-/m1/s1. The van der Waals surface area contributed by atoms with Gasteiger partial charge in [0.05, 0.1) is 19.6 Å². The van der Waals surface area contributed by atoms with Gasteiger partial charge in [0.1, 0.15) is 10.6 Å². The molecule has 1 aromatic carbocycles. The van der Waals surface area contributed by atoms with E-state index in [0.29, 0.717) is 24.8 Å². The fraction of sp³-hybridized carbons (Fsp3) is 0.562. The zero-order valence-corrected chi connectivity index (χ0v) is 14.5. The fourth-order valence-electron chi connectivity index (χ4n) is 2.95. The molecule has 7 nitrogen and oxygen atoms in total. The summed E-state index contributed by atoms with van der Waals surface area (Å²) in [6, 6.07) is 4.05. The molecular weight excluding hydrogens is 334 g/mol. The third-order valence-electron chi connectivity index (χ3n) is 4.34. The molecule has 2 rings (SSSR count). The van der Waals surface area contributed by atoms with Crippen LogP contribution in [0.2, 0.25) is 0 Å². The van der Waals surface area contributed by atoms with Crippen LogP contribution >= 0.6 is 0 Å². The minimum absolute atomic E-state index is 0.0675. The Labute approximate surface area is 141 Å². The van der Waals surface area contributed by atoms with Gasteiger partial charge in [-0.3, -0.25) is 4.79 Å². The number of carbonyl (C=O) groups is 1. The molecule has 1 atom stereocenters. The van der Waals surface area contributed by atoms with Gasteiger partial charge in [0.2, 0.25) is 10.0 Å². The van der Waals surface area contributed by atoms with E-state index in [1.165, 1.54) is 25.3 Å². The number of benzene rings is 1. The van der Waals surface area contributed by atoms with Gasteiger partial charge in [-0.1, -0.05) is 13.0 Å². The van der Waals surface area contributed by atoms with E-state index in [4.69, 9.17) is 9.84 Å². The Morgan fingerprint density at radius 2 is 2.08 bits per heavy atom. The van der Waals surface area contributed by atoms with E-state index in [2.05, 4.69) is 4.72 Å². The summed E-state index contributed by atoms with van der Waals surface area (Å²) >= 11 is 0. The number of aliphatic hydroxyl groups is 1. The molecule has 1 aromatic rings. The zero-order valence-electron chi connectivity index (χ0n) is 13.7. The Bertz CT molecular complexity index is 697. The molecule has 134 valence electrons. The second-order valence-corrected chi connectivity index (χ2v) is 7.76. The van der Waals surface area contributed by atoms with Crippen molar-refractivity contribution in [3.63, 3.8) is 0 Å². The van der Waals surface area contributed by atoms with Crippen LogP contribution in [-0.2, 0) is 21.2 Å². The lowest BCUT2D eigenvalue weighted by Gasteiger charge is -2.37. The Hall–Kier alpha value is -1.64. The maximum atomic E-state index is 12.7. The van der Waals surface area contributed by atoms with Crippen molar-refractivity contribution in [2.75, 3.05) is 7.11 Å². The van der Waals surface area contributed by atoms with Crippen LogP contribution in [0.3, 0.4) is 0 Å². The van der Waals surface area contributed by atoms with Crippen molar-refractivity contribution in [2.45, 2.75) is 49.6 Å². The van der Waals surface area contributed by atoms with Gasteiger partial charge in [0.25, 0.3) is 0 Å². The average Bonchev–Trinajstić information content (AvgIpc) is 2.49. The van der Waals surface area contributed by atoms with Crippen LogP contribution in [0.15, 0.2) is 23.1 Å². The molecule has 1 saturated carbocycles. The fourth-order valence-corrected chi connectivity index (χ4v) is 4.56. The summed E-state index contributed by atoms with van der Waals surface area (Å²) in [6.45, 7) is 1.88. The Kier molecular flexibility index (Phi) is 5.84. The normalized spacial score (nSPS) is 21.8. The van der Waals surface area contributed by atoms with Crippen molar-refractivity contribution in [3.05, 3.63) is 23.8 Å². The van der Waals surface area contributed by atoms with Crippen molar-refractivity contribution < 1.29 is 28.2 Å². The van der Waals surface area contributed by atoms with Crippen molar-refractivity contribution in [1.82, 2.24) is 4.72 Å². The van der Waals surface area contributed by atoms with E-state index in [1.54, 1.807) is 0 Å². The topological polar surface area (TPSA) is 113 Å². The van der Waals surface area contributed by atoms with Crippen LogP contribution in [-0.4, -0.2) is 43.9 Å². The van der Waals surface area contributed by atoms with Gasteiger partial charge in [-0.2, -0.15) is 0 Å². The maximum Gasteiger partial charge on any atom is 0.307 e. The molecule has 1 aliphatic carbocycles. The van der Waals surface area contributed by atoms with E-state index < -0.39 is 16.0 Å². The Morgan fingerprint density at radius 1 is 1.42 bits per heavy atom. The highest BCUT2D eigenvalue weighted by Crippen LogP contribution is 2.33. The predicted octanol–water partition coefficient (Wildman–Crippen LogP) is 1.15. The second kappa shape index (κ2) is 7.50. The minimum atomic E-state index is -3.86. The van der Waals surface area contributed by atoms with E-state index >= 15 is 0 Å². The highest BCUT2D eigenvalue weighted by molar-refractivity contribution is 7.89. The number of rotatable bonds is 8. The number of nitrogens with one attached hydrogen (secondary N) is 1. The number of hydrogen-bond donors (Lipinski definition) is 3. The van der Waals surface area contributed by atoms with Gasteiger partial charge < -0.3 is 14.9 Å². The van der Waals surface area contributed by atoms with Crippen LogP contribution in [0.5, 0.6) is 5.75 Å². The first-order chi connectivity index (χ1) is 11.3. The summed E-state index contributed by atoms with van der Waals surface area (Å²) in [5, 5.41) is 18.3. The molecule has 8 heteroatoms. The minimum Gasteiger partial charge on any atom is -0.495 e. The first kappa shape index (κ1) is 18.7. The molecule has 24 heavy (non-hydrogen) atoms. The molecule has 1 fully saturated rings. The van der Waals surface area contributed by atoms with Crippen molar-refractivity contribution in [1.29, 1.82) is 0 Å². The number of methoxy groups -OCH3 is 1. The number of hydrogen-bond acceptors (Lipinski definition) is 5. The summed E-state index contributed by atoms with van der Waals surface area (Å²) in [6.07, 6.45) is 1.14. The molecule has 0 spiro atoms. The second-order valence-electron chi connectivity index (χ2n) is 6.08. The summed E-state index contributed by atoms with van der Waals surface area (Å²) in [7, 11) is -2.50. The van der Waals surface area contributed by atoms with E-state index in [0.717, 1.165) is 0 Å². The van der Waals surface area contributed by atoms with Gasteiger partial charge in [-0.25, -0.2) is 13.1 Å². The lowest BCUT2D eigenvalue weighted by atomic mass is 9.77. The molecule has 0 amide bonds. The molecular formula is C16H23NO6S. The molecule has 0 bridgehead atoms. The van der Waals surface area contributed by atoms with Crippen LogP contribution in [0.1, 0.15) is 31.7 Å². The molecule has 0 heterocycles. The maximum absolute atomic E-state index is 12.7. The highest BCUT2D eigenvalue weighted by Gasteiger charge is 2.36. The Balaban J connectivity index is 2.27. The van der Waals surface area contributed by atoms with Gasteiger partial charge >= 0.3 is 5.97 Å². The van der Waals surface area contributed by atoms with Gasteiger partial charge in [0.15, 0.2) is 0 Å². The largest absolute Gasteiger partial charge is 0.495 e. The first-order valence-electron chi connectivity index (χ1n) is 7.86. The third-order valence-corrected chi connectivity index (χ3v) is 5.85. The van der Waals surface area contributed by atoms with Crippen molar-refractivity contribution >= 4 is 16.0 Å². The molecule has 0 unspecified atom stereocenters. The number of carboxylic acids is 1. The quantitative estimate of drug-likeness (QED) is 0.643. The number of carboxylic acid groups (broad SMARTS) is 1. The summed E-state index contributed by atoms with van der Waals surface area (Å²) < 4.78 is 33.3. The first-order valence-corrected chi connectivity index (χ1v) is 9.34. The number of aliphatic hydroxyl groups excluding tert-OH is 1. The number of aliphatic carboxylic acids is 1. The lowest BCUT2D eigenvalue weighted by Crippen LogP contribution is -2.46. The number of sulfonamides is 1. The zero-order chi connectivity index (χ0) is 17.9. The highest BCUT2D eigenvalue weighted by atomic mass is 32.2. The predicted molar refractivity (Wildman–Crippen MR) is 87.5 cm³/mol. The van der Waals surface area contributed by atoms with Crippen LogP contribution < -0.4 is 9.46 Å². The SMILES string of the molecule is CC[C@@H](NS(=O)(=O)c1cc(CC(=O)O)ccc1OC)C1CC(O)C1. The summed E-state index contributed by atoms with van der Waals surface area (Å²) in [5.41, 5.74) is 0.385. The average molecular weight is 357 g/mol. The molecule has 0 radical (unpaired) electrons. The molecule has 0 aromatic heterocycles. The third kappa shape index (κ3) is 4.25. The smallest absolute Gasteiger partial charge is 0.307 e. The number of ether oxygens (including phenoxy) is 1. The summed E-state index contributed by atoms with van der Waals surface area (Å²) in [5.74, 6) is -0.764. The monoisotopic (exact) mass is 357 g/mol. The van der Waals surface area contributed by atoms with E-state index in [-0.39, 0.29) is 35.1 Å². The molecule has 0 aliphatic heterocycles. The van der Waals surface area contributed by atoms with E-state index in [9.17, 15) is 18.3 Å². The molecule has 3 N–H and O–H groups in total.